The maximum absolute atomic E-state index is 5.39. The van der Waals surface area contributed by atoms with Crippen molar-refractivity contribution in [2.45, 2.75) is 32.9 Å². The number of nitrogens with zero attached hydrogens (tertiary/aromatic N) is 2. The van der Waals surface area contributed by atoms with Crippen LogP contribution >= 0.6 is 0 Å². The smallest absolute Gasteiger partial charge is 0.0762 e. The quantitative estimate of drug-likeness (QED) is 0.665. The molecule has 0 atom stereocenters. The average Bonchev–Trinajstić information content (AvgIpc) is 2.61. The zero-order chi connectivity index (χ0) is 10.4. The van der Waals surface area contributed by atoms with E-state index in [0.29, 0.717) is 6.04 Å². The predicted octanol–water partition coefficient (Wildman–Crippen LogP) is 0.902. The van der Waals surface area contributed by atoms with Crippen molar-refractivity contribution in [3.8, 4) is 0 Å². The first-order valence-corrected chi connectivity index (χ1v) is 5.19. The van der Waals surface area contributed by atoms with Crippen LogP contribution in [0, 0.1) is 0 Å². The Hall–Kier alpha value is -0.870. The van der Waals surface area contributed by atoms with E-state index in [9.17, 15) is 0 Å². The molecule has 1 aromatic heterocycles. The SMILES string of the molecule is CC(C)n1ccc(CNCCCN)n1. The second kappa shape index (κ2) is 5.78. The number of rotatable bonds is 6. The van der Waals surface area contributed by atoms with Crippen LogP contribution in [0.1, 0.15) is 32.0 Å². The first kappa shape index (κ1) is 11.2. The Bertz CT molecular complexity index is 254. The van der Waals surface area contributed by atoms with Gasteiger partial charge in [0.1, 0.15) is 0 Å². The van der Waals surface area contributed by atoms with Gasteiger partial charge in [0, 0.05) is 18.8 Å². The molecular weight excluding hydrogens is 176 g/mol. The maximum Gasteiger partial charge on any atom is 0.0762 e. The van der Waals surface area contributed by atoms with E-state index in [4.69, 9.17) is 5.73 Å². The van der Waals surface area contributed by atoms with Crippen molar-refractivity contribution >= 4 is 0 Å². The number of nitrogens with two attached hydrogens (primary N) is 1. The Balaban J connectivity index is 2.29. The van der Waals surface area contributed by atoms with E-state index in [1.165, 1.54) is 0 Å². The summed E-state index contributed by atoms with van der Waals surface area (Å²) in [4.78, 5) is 0. The van der Waals surface area contributed by atoms with Gasteiger partial charge in [-0.25, -0.2) is 0 Å². The van der Waals surface area contributed by atoms with Gasteiger partial charge in [-0.05, 0) is 39.4 Å². The molecule has 80 valence electrons. The highest BCUT2D eigenvalue weighted by Gasteiger charge is 2.00. The van der Waals surface area contributed by atoms with Gasteiger partial charge in [0.2, 0.25) is 0 Å². The molecular formula is C10H20N4. The third-order valence-electron chi connectivity index (χ3n) is 2.06. The minimum absolute atomic E-state index is 0.438. The molecule has 0 aliphatic rings. The predicted molar refractivity (Wildman–Crippen MR) is 58.0 cm³/mol. The lowest BCUT2D eigenvalue weighted by molar-refractivity contribution is 0.521. The van der Waals surface area contributed by atoms with Crippen LogP contribution in [-0.2, 0) is 6.54 Å². The molecule has 0 fully saturated rings. The molecule has 0 bridgehead atoms. The Labute approximate surface area is 85.5 Å². The molecule has 0 spiro atoms. The third-order valence-corrected chi connectivity index (χ3v) is 2.06. The van der Waals surface area contributed by atoms with Crippen molar-refractivity contribution in [2.75, 3.05) is 13.1 Å². The van der Waals surface area contributed by atoms with Crippen LogP contribution in [-0.4, -0.2) is 22.9 Å². The Kier molecular flexibility index (Phi) is 4.62. The second-order valence-corrected chi connectivity index (χ2v) is 3.70. The highest BCUT2D eigenvalue weighted by atomic mass is 15.3. The van der Waals surface area contributed by atoms with Crippen LogP contribution in [0.25, 0.3) is 0 Å². The van der Waals surface area contributed by atoms with Gasteiger partial charge in [0.05, 0.1) is 5.69 Å². The lowest BCUT2D eigenvalue weighted by atomic mass is 10.4. The van der Waals surface area contributed by atoms with E-state index >= 15 is 0 Å². The fourth-order valence-corrected chi connectivity index (χ4v) is 1.20. The van der Waals surface area contributed by atoms with Gasteiger partial charge >= 0.3 is 0 Å². The molecule has 4 heteroatoms. The zero-order valence-electron chi connectivity index (χ0n) is 9.03. The van der Waals surface area contributed by atoms with Gasteiger partial charge in [-0.2, -0.15) is 5.10 Å². The maximum atomic E-state index is 5.39. The summed E-state index contributed by atoms with van der Waals surface area (Å²) in [5.74, 6) is 0. The van der Waals surface area contributed by atoms with Crippen molar-refractivity contribution in [3.63, 3.8) is 0 Å². The van der Waals surface area contributed by atoms with Crippen molar-refractivity contribution in [1.29, 1.82) is 0 Å². The number of nitrogens with one attached hydrogen (secondary N) is 1. The molecule has 0 radical (unpaired) electrons. The highest BCUT2D eigenvalue weighted by molar-refractivity contribution is 4.98. The summed E-state index contributed by atoms with van der Waals surface area (Å²) < 4.78 is 1.97. The lowest BCUT2D eigenvalue weighted by Gasteiger charge is -2.04. The second-order valence-electron chi connectivity index (χ2n) is 3.70. The van der Waals surface area contributed by atoms with Crippen molar-refractivity contribution in [1.82, 2.24) is 15.1 Å². The fraction of sp³-hybridized carbons (Fsp3) is 0.700. The molecule has 0 aromatic carbocycles. The molecule has 1 heterocycles. The fourth-order valence-electron chi connectivity index (χ4n) is 1.20. The summed E-state index contributed by atoms with van der Waals surface area (Å²) in [6.07, 6.45) is 3.04. The summed E-state index contributed by atoms with van der Waals surface area (Å²) >= 11 is 0. The van der Waals surface area contributed by atoms with Crippen LogP contribution in [0.2, 0.25) is 0 Å². The van der Waals surface area contributed by atoms with E-state index in [0.717, 1.165) is 31.7 Å². The Morgan fingerprint density at radius 2 is 2.36 bits per heavy atom. The topological polar surface area (TPSA) is 55.9 Å². The largest absolute Gasteiger partial charge is 0.330 e. The molecule has 4 nitrogen and oxygen atoms in total. The van der Waals surface area contributed by atoms with Gasteiger partial charge in [-0.3, -0.25) is 4.68 Å². The van der Waals surface area contributed by atoms with Gasteiger partial charge in [0.15, 0.2) is 0 Å². The molecule has 0 unspecified atom stereocenters. The Morgan fingerprint density at radius 3 is 2.93 bits per heavy atom. The summed E-state index contributed by atoms with van der Waals surface area (Å²) in [7, 11) is 0. The van der Waals surface area contributed by atoms with Crippen LogP contribution in [0.3, 0.4) is 0 Å². The standard InChI is InChI=1S/C10H20N4/c1-9(2)14-7-4-10(13-14)8-12-6-3-5-11/h4,7,9,12H,3,5-6,8,11H2,1-2H3. The van der Waals surface area contributed by atoms with E-state index < -0.39 is 0 Å². The first-order chi connectivity index (χ1) is 6.74. The average molecular weight is 196 g/mol. The highest BCUT2D eigenvalue weighted by Crippen LogP contribution is 2.03. The van der Waals surface area contributed by atoms with Crippen LogP contribution in [0.5, 0.6) is 0 Å². The van der Waals surface area contributed by atoms with E-state index in [-0.39, 0.29) is 0 Å². The van der Waals surface area contributed by atoms with Gasteiger partial charge in [0.25, 0.3) is 0 Å². The third kappa shape index (κ3) is 3.47. The van der Waals surface area contributed by atoms with E-state index in [2.05, 4.69) is 30.3 Å². The van der Waals surface area contributed by atoms with Crippen molar-refractivity contribution in [3.05, 3.63) is 18.0 Å². The Morgan fingerprint density at radius 1 is 1.57 bits per heavy atom. The number of hydrogen-bond acceptors (Lipinski definition) is 3. The van der Waals surface area contributed by atoms with Gasteiger partial charge < -0.3 is 11.1 Å². The molecule has 0 amide bonds. The summed E-state index contributed by atoms with van der Waals surface area (Å²) in [5, 5.41) is 7.73. The van der Waals surface area contributed by atoms with Gasteiger partial charge in [-0.1, -0.05) is 0 Å². The number of aromatic nitrogens is 2. The van der Waals surface area contributed by atoms with Gasteiger partial charge in [-0.15, -0.1) is 0 Å². The number of hydrogen-bond donors (Lipinski definition) is 2. The molecule has 0 saturated carbocycles. The van der Waals surface area contributed by atoms with Crippen LogP contribution in [0.15, 0.2) is 12.3 Å². The van der Waals surface area contributed by atoms with Crippen molar-refractivity contribution < 1.29 is 0 Å². The lowest BCUT2D eigenvalue weighted by Crippen LogP contribution is -2.18. The molecule has 0 aliphatic carbocycles. The minimum atomic E-state index is 0.438. The normalized spacial score (nSPS) is 11.1. The summed E-state index contributed by atoms with van der Waals surface area (Å²) in [6, 6.07) is 2.49. The molecule has 0 aliphatic heterocycles. The molecule has 14 heavy (non-hydrogen) atoms. The minimum Gasteiger partial charge on any atom is -0.330 e. The summed E-state index contributed by atoms with van der Waals surface area (Å²) in [6.45, 7) is 6.79. The molecule has 1 aromatic rings. The van der Waals surface area contributed by atoms with Crippen molar-refractivity contribution in [2.24, 2.45) is 5.73 Å². The molecule has 0 saturated heterocycles. The monoisotopic (exact) mass is 196 g/mol. The van der Waals surface area contributed by atoms with Crippen LogP contribution in [0.4, 0.5) is 0 Å². The van der Waals surface area contributed by atoms with Crippen LogP contribution < -0.4 is 11.1 Å². The first-order valence-electron chi connectivity index (χ1n) is 5.19. The van der Waals surface area contributed by atoms with E-state index in [1.54, 1.807) is 0 Å². The zero-order valence-corrected chi connectivity index (χ0v) is 9.03. The molecule has 1 rings (SSSR count). The molecule has 3 N–H and O–H groups in total. The van der Waals surface area contributed by atoms with E-state index in [1.807, 2.05) is 10.9 Å². The summed E-state index contributed by atoms with van der Waals surface area (Å²) in [5.41, 5.74) is 6.49.